The van der Waals surface area contributed by atoms with Gasteiger partial charge in [-0.25, -0.2) is 9.97 Å². The van der Waals surface area contributed by atoms with Crippen molar-refractivity contribution < 1.29 is 0 Å². The molecule has 18 heavy (non-hydrogen) atoms. The van der Waals surface area contributed by atoms with Gasteiger partial charge in [-0.15, -0.1) is 0 Å². The van der Waals surface area contributed by atoms with Gasteiger partial charge >= 0.3 is 0 Å². The number of nitrogens with two attached hydrogens (primary N) is 1. The second-order valence-electron chi connectivity index (χ2n) is 3.68. The van der Waals surface area contributed by atoms with Gasteiger partial charge in [0.25, 0.3) is 0 Å². The van der Waals surface area contributed by atoms with Gasteiger partial charge in [0.2, 0.25) is 0 Å². The van der Waals surface area contributed by atoms with Crippen molar-refractivity contribution in [2.24, 2.45) is 5.73 Å². The maximum atomic E-state index is 7.59. The average Bonchev–Trinajstić information content (AvgIpc) is 2.38. The highest BCUT2D eigenvalue weighted by molar-refractivity contribution is 9.10. The van der Waals surface area contributed by atoms with Gasteiger partial charge in [-0.3, -0.25) is 5.41 Å². The molecule has 2 rings (SSSR count). The Balaban J connectivity index is 2.50. The Labute approximate surface area is 113 Å². The van der Waals surface area contributed by atoms with Crippen molar-refractivity contribution in [3.05, 3.63) is 46.8 Å². The third kappa shape index (κ3) is 2.33. The van der Waals surface area contributed by atoms with Crippen molar-refractivity contribution in [2.75, 3.05) is 11.9 Å². The van der Waals surface area contributed by atoms with Crippen LogP contribution in [0.25, 0.3) is 0 Å². The summed E-state index contributed by atoms with van der Waals surface area (Å²) in [6.07, 6.45) is 3.15. The topological polar surface area (TPSA) is 78.9 Å². The van der Waals surface area contributed by atoms with Gasteiger partial charge in [-0.1, -0.05) is 12.1 Å². The maximum Gasteiger partial charge on any atom is 0.150 e. The smallest absolute Gasteiger partial charge is 0.150 e. The van der Waals surface area contributed by atoms with E-state index in [0.717, 1.165) is 16.0 Å². The zero-order valence-corrected chi connectivity index (χ0v) is 11.3. The number of anilines is 2. The van der Waals surface area contributed by atoms with Crippen molar-refractivity contribution in [2.45, 2.75) is 0 Å². The van der Waals surface area contributed by atoms with Crippen LogP contribution in [0.15, 0.2) is 41.3 Å². The molecule has 1 aromatic carbocycles. The van der Waals surface area contributed by atoms with Crippen LogP contribution in [0.4, 0.5) is 11.5 Å². The number of para-hydroxylation sites is 1. The quantitative estimate of drug-likeness (QED) is 0.673. The van der Waals surface area contributed by atoms with Gasteiger partial charge in [0, 0.05) is 18.8 Å². The number of aromatic nitrogens is 2. The van der Waals surface area contributed by atoms with E-state index in [1.54, 1.807) is 6.20 Å². The third-order valence-electron chi connectivity index (χ3n) is 2.52. The number of rotatable bonds is 3. The first-order valence-electron chi connectivity index (χ1n) is 5.24. The normalized spacial score (nSPS) is 10.1. The molecule has 0 saturated heterocycles. The Bertz CT molecular complexity index is 584. The Kier molecular flexibility index (Phi) is 3.57. The second-order valence-corrected chi connectivity index (χ2v) is 4.54. The molecular formula is C12H12BrN5. The number of nitrogens with one attached hydrogen (secondary N) is 1. The van der Waals surface area contributed by atoms with Crippen molar-refractivity contribution >= 4 is 33.3 Å². The molecule has 3 N–H and O–H groups in total. The fraction of sp³-hybridized carbons (Fsp3) is 0.0833. The molecule has 92 valence electrons. The van der Waals surface area contributed by atoms with Crippen molar-refractivity contribution in [3.63, 3.8) is 0 Å². The van der Waals surface area contributed by atoms with Gasteiger partial charge in [0.1, 0.15) is 12.2 Å². The fourth-order valence-corrected chi connectivity index (χ4v) is 2.15. The molecule has 0 bridgehead atoms. The SMILES string of the molecule is CN(c1ccccc1C(=N)N)c1ncncc1Br. The van der Waals surface area contributed by atoms with Crippen LogP contribution < -0.4 is 10.6 Å². The van der Waals surface area contributed by atoms with Gasteiger partial charge in [0.05, 0.1) is 10.2 Å². The summed E-state index contributed by atoms with van der Waals surface area (Å²) in [7, 11) is 1.87. The van der Waals surface area contributed by atoms with Crippen LogP contribution >= 0.6 is 15.9 Å². The van der Waals surface area contributed by atoms with E-state index >= 15 is 0 Å². The van der Waals surface area contributed by atoms with Crippen LogP contribution in [0, 0.1) is 5.41 Å². The molecule has 1 heterocycles. The number of amidine groups is 1. The Morgan fingerprint density at radius 1 is 1.39 bits per heavy atom. The molecule has 0 aliphatic heterocycles. The summed E-state index contributed by atoms with van der Waals surface area (Å²) in [4.78, 5) is 10.0. The predicted molar refractivity (Wildman–Crippen MR) is 75.3 cm³/mol. The van der Waals surface area contributed by atoms with Crippen LogP contribution in [0.1, 0.15) is 5.56 Å². The van der Waals surface area contributed by atoms with Crippen LogP contribution in [0.3, 0.4) is 0 Å². The van der Waals surface area contributed by atoms with E-state index in [4.69, 9.17) is 11.1 Å². The van der Waals surface area contributed by atoms with Crippen molar-refractivity contribution in [1.82, 2.24) is 9.97 Å². The molecule has 0 unspecified atom stereocenters. The minimum atomic E-state index is 0.0302. The van der Waals surface area contributed by atoms with Crippen LogP contribution in [-0.4, -0.2) is 22.9 Å². The van der Waals surface area contributed by atoms with E-state index in [2.05, 4.69) is 25.9 Å². The molecule has 0 amide bonds. The first-order chi connectivity index (χ1) is 8.61. The van der Waals surface area contributed by atoms with Crippen molar-refractivity contribution in [3.8, 4) is 0 Å². The Morgan fingerprint density at radius 2 is 2.11 bits per heavy atom. The average molecular weight is 306 g/mol. The zero-order chi connectivity index (χ0) is 13.1. The number of hydrogen-bond acceptors (Lipinski definition) is 4. The number of hydrogen-bond donors (Lipinski definition) is 2. The molecule has 6 heteroatoms. The summed E-state index contributed by atoms with van der Waals surface area (Å²) in [6.45, 7) is 0. The van der Waals surface area contributed by atoms with E-state index in [1.807, 2.05) is 36.2 Å². The standard InChI is InChI=1S/C12H12BrN5/c1-18(12-9(13)6-16-7-17-12)10-5-3-2-4-8(10)11(14)15/h2-7H,1H3,(H3,14,15). The first kappa shape index (κ1) is 12.5. The van der Waals surface area contributed by atoms with E-state index < -0.39 is 0 Å². The van der Waals surface area contributed by atoms with E-state index in [-0.39, 0.29) is 5.84 Å². The van der Waals surface area contributed by atoms with Gasteiger partial charge in [0.15, 0.2) is 5.82 Å². The van der Waals surface area contributed by atoms with Crippen LogP contribution in [0.2, 0.25) is 0 Å². The molecule has 0 aliphatic rings. The number of nitrogen functional groups attached to an aromatic ring is 1. The summed E-state index contributed by atoms with van der Waals surface area (Å²) < 4.78 is 0.783. The second kappa shape index (κ2) is 5.14. The highest BCUT2D eigenvalue weighted by atomic mass is 79.9. The molecule has 0 fully saturated rings. The number of benzene rings is 1. The molecule has 0 saturated carbocycles. The van der Waals surface area contributed by atoms with Crippen LogP contribution in [0.5, 0.6) is 0 Å². The lowest BCUT2D eigenvalue weighted by molar-refractivity contribution is 1.06. The Hall–Kier alpha value is -1.95. The van der Waals surface area contributed by atoms with Crippen LogP contribution in [-0.2, 0) is 0 Å². The molecule has 0 spiro atoms. The van der Waals surface area contributed by atoms with E-state index in [1.165, 1.54) is 6.33 Å². The molecule has 1 aromatic heterocycles. The number of halogens is 1. The molecule has 5 nitrogen and oxygen atoms in total. The van der Waals surface area contributed by atoms with Crippen molar-refractivity contribution in [1.29, 1.82) is 5.41 Å². The molecule has 0 radical (unpaired) electrons. The predicted octanol–water partition coefficient (Wildman–Crippen LogP) is 2.29. The minimum absolute atomic E-state index is 0.0302. The van der Waals surface area contributed by atoms with E-state index in [0.29, 0.717) is 5.56 Å². The summed E-state index contributed by atoms with van der Waals surface area (Å²) in [5.74, 6) is 0.751. The highest BCUT2D eigenvalue weighted by Gasteiger charge is 2.13. The lowest BCUT2D eigenvalue weighted by atomic mass is 10.1. The molecule has 2 aromatic rings. The fourth-order valence-electron chi connectivity index (χ4n) is 1.66. The van der Waals surface area contributed by atoms with E-state index in [9.17, 15) is 0 Å². The molecule has 0 aliphatic carbocycles. The summed E-state index contributed by atoms with van der Waals surface area (Å²) in [5, 5.41) is 7.59. The first-order valence-corrected chi connectivity index (χ1v) is 6.03. The lowest BCUT2D eigenvalue weighted by Gasteiger charge is -2.21. The summed E-state index contributed by atoms with van der Waals surface area (Å²) in [6, 6.07) is 7.45. The molecular weight excluding hydrogens is 294 g/mol. The van der Waals surface area contributed by atoms with Gasteiger partial charge in [-0.2, -0.15) is 0 Å². The largest absolute Gasteiger partial charge is 0.384 e. The molecule has 0 atom stereocenters. The zero-order valence-electron chi connectivity index (χ0n) is 9.76. The lowest BCUT2D eigenvalue weighted by Crippen LogP contribution is -2.19. The monoisotopic (exact) mass is 305 g/mol. The Morgan fingerprint density at radius 3 is 2.78 bits per heavy atom. The highest BCUT2D eigenvalue weighted by Crippen LogP contribution is 2.29. The maximum absolute atomic E-state index is 7.59. The van der Waals surface area contributed by atoms with Gasteiger partial charge in [-0.05, 0) is 28.1 Å². The number of nitrogens with zero attached hydrogens (tertiary/aromatic N) is 3. The summed E-state index contributed by atoms with van der Waals surface area (Å²) >= 11 is 3.40. The van der Waals surface area contributed by atoms with Gasteiger partial charge < -0.3 is 10.6 Å². The third-order valence-corrected chi connectivity index (χ3v) is 3.08. The summed E-state index contributed by atoms with van der Waals surface area (Å²) in [5.41, 5.74) is 7.08. The minimum Gasteiger partial charge on any atom is -0.384 e.